The molecule has 3 heteroatoms. The van der Waals surface area contributed by atoms with Crippen LogP contribution in [0, 0.1) is 13.8 Å². The Kier molecular flexibility index (Phi) is 3.47. The molecule has 1 atom stereocenters. The van der Waals surface area contributed by atoms with Crippen LogP contribution in [-0.2, 0) is 0 Å². The van der Waals surface area contributed by atoms with Gasteiger partial charge in [-0.1, -0.05) is 18.2 Å². The highest BCUT2D eigenvalue weighted by Crippen LogP contribution is 2.29. The van der Waals surface area contributed by atoms with Crippen molar-refractivity contribution in [2.45, 2.75) is 20.0 Å². The monoisotopic (exact) mass is 296 g/mol. The molecule has 0 fully saturated rings. The summed E-state index contributed by atoms with van der Waals surface area (Å²) in [6, 6.07) is 8.05. The van der Waals surface area contributed by atoms with Crippen molar-refractivity contribution in [2.75, 3.05) is 0 Å². The summed E-state index contributed by atoms with van der Waals surface area (Å²) in [6.07, 6.45) is -0.526. The number of thiophene rings is 1. The van der Waals surface area contributed by atoms with Crippen LogP contribution in [0.4, 0.5) is 0 Å². The third kappa shape index (κ3) is 2.37. The van der Waals surface area contributed by atoms with E-state index in [1.54, 1.807) is 11.3 Å². The fourth-order valence-electron chi connectivity index (χ4n) is 1.59. The zero-order chi connectivity index (χ0) is 11.7. The van der Waals surface area contributed by atoms with Crippen LogP contribution >= 0.6 is 27.3 Å². The lowest BCUT2D eigenvalue weighted by molar-refractivity contribution is 0.220. The topological polar surface area (TPSA) is 20.2 Å². The Morgan fingerprint density at radius 1 is 1.12 bits per heavy atom. The highest BCUT2D eigenvalue weighted by molar-refractivity contribution is 9.11. The molecule has 1 unspecified atom stereocenters. The maximum Gasteiger partial charge on any atom is 0.105 e. The molecule has 84 valence electrons. The van der Waals surface area contributed by atoms with E-state index < -0.39 is 6.10 Å². The van der Waals surface area contributed by atoms with Gasteiger partial charge in [0.2, 0.25) is 0 Å². The number of aryl methyl sites for hydroxylation is 2. The average molecular weight is 297 g/mol. The van der Waals surface area contributed by atoms with Crippen molar-refractivity contribution in [1.29, 1.82) is 0 Å². The number of hydrogen-bond donors (Lipinski definition) is 1. The second-order valence-corrected chi connectivity index (χ2v) is 6.22. The molecule has 1 aromatic heterocycles. The van der Waals surface area contributed by atoms with Crippen molar-refractivity contribution in [3.63, 3.8) is 0 Å². The lowest BCUT2D eigenvalue weighted by Crippen LogP contribution is -1.98. The van der Waals surface area contributed by atoms with Gasteiger partial charge in [0.15, 0.2) is 0 Å². The van der Waals surface area contributed by atoms with Gasteiger partial charge in [-0.25, -0.2) is 0 Å². The normalized spacial score (nSPS) is 12.8. The van der Waals surface area contributed by atoms with E-state index in [9.17, 15) is 5.11 Å². The van der Waals surface area contributed by atoms with E-state index in [4.69, 9.17) is 0 Å². The summed E-state index contributed by atoms with van der Waals surface area (Å²) in [7, 11) is 0. The number of benzene rings is 1. The van der Waals surface area contributed by atoms with Crippen LogP contribution in [0.2, 0.25) is 0 Å². The van der Waals surface area contributed by atoms with Crippen molar-refractivity contribution in [2.24, 2.45) is 0 Å². The standard InChI is InChI=1S/C13H13BrOS/c1-8-3-4-10(5-9(8)2)13(15)11-6-12(14)16-7-11/h3-7,13,15H,1-2H3. The highest BCUT2D eigenvalue weighted by atomic mass is 79.9. The van der Waals surface area contributed by atoms with Gasteiger partial charge < -0.3 is 5.11 Å². The average Bonchev–Trinajstić information content (AvgIpc) is 2.68. The smallest absolute Gasteiger partial charge is 0.105 e. The first-order chi connectivity index (χ1) is 7.58. The van der Waals surface area contributed by atoms with Crippen molar-refractivity contribution in [1.82, 2.24) is 0 Å². The third-order valence-electron chi connectivity index (χ3n) is 2.75. The first kappa shape index (κ1) is 11.8. The number of aliphatic hydroxyl groups is 1. The molecule has 0 aliphatic carbocycles. The molecule has 0 aliphatic rings. The molecular formula is C13H13BrOS. The summed E-state index contributed by atoms with van der Waals surface area (Å²) in [5.41, 5.74) is 4.36. The molecular weight excluding hydrogens is 284 g/mol. The van der Waals surface area contributed by atoms with E-state index in [0.717, 1.165) is 14.9 Å². The molecule has 1 nitrogen and oxygen atoms in total. The number of hydrogen-bond acceptors (Lipinski definition) is 2. The molecule has 0 amide bonds. The van der Waals surface area contributed by atoms with Crippen molar-refractivity contribution in [3.8, 4) is 0 Å². The Morgan fingerprint density at radius 2 is 1.88 bits per heavy atom. The van der Waals surface area contributed by atoms with Crippen LogP contribution in [0.15, 0.2) is 33.4 Å². The van der Waals surface area contributed by atoms with Crippen LogP contribution in [0.5, 0.6) is 0 Å². The fourth-order valence-corrected chi connectivity index (χ4v) is 2.79. The Balaban J connectivity index is 2.33. The molecule has 0 bridgehead atoms. The van der Waals surface area contributed by atoms with Crippen LogP contribution in [-0.4, -0.2) is 5.11 Å². The van der Waals surface area contributed by atoms with Gasteiger partial charge in [0, 0.05) is 0 Å². The Morgan fingerprint density at radius 3 is 2.44 bits per heavy atom. The maximum atomic E-state index is 10.2. The molecule has 1 aromatic carbocycles. The summed E-state index contributed by atoms with van der Waals surface area (Å²) < 4.78 is 1.05. The Hall–Kier alpha value is -0.640. The summed E-state index contributed by atoms with van der Waals surface area (Å²) in [5.74, 6) is 0. The van der Waals surface area contributed by atoms with E-state index in [0.29, 0.717) is 0 Å². The van der Waals surface area contributed by atoms with Crippen LogP contribution in [0.1, 0.15) is 28.4 Å². The highest BCUT2D eigenvalue weighted by Gasteiger charge is 2.12. The van der Waals surface area contributed by atoms with Crippen LogP contribution in [0.25, 0.3) is 0 Å². The zero-order valence-electron chi connectivity index (χ0n) is 9.20. The molecule has 2 aromatic rings. The van der Waals surface area contributed by atoms with Gasteiger partial charge in [-0.3, -0.25) is 0 Å². The van der Waals surface area contributed by atoms with Gasteiger partial charge in [-0.05, 0) is 63.5 Å². The number of aliphatic hydroxyl groups excluding tert-OH is 1. The molecule has 0 aliphatic heterocycles. The van der Waals surface area contributed by atoms with Crippen molar-refractivity contribution >= 4 is 27.3 Å². The van der Waals surface area contributed by atoms with Crippen molar-refractivity contribution < 1.29 is 5.11 Å². The summed E-state index contributed by atoms with van der Waals surface area (Å²) >= 11 is 5.00. The molecule has 1 heterocycles. The summed E-state index contributed by atoms with van der Waals surface area (Å²) in [4.78, 5) is 0. The van der Waals surface area contributed by atoms with E-state index >= 15 is 0 Å². The number of rotatable bonds is 2. The summed E-state index contributed by atoms with van der Waals surface area (Å²) in [6.45, 7) is 4.14. The Labute approximate surface area is 108 Å². The third-order valence-corrected chi connectivity index (χ3v) is 4.27. The quantitative estimate of drug-likeness (QED) is 0.880. The van der Waals surface area contributed by atoms with E-state index in [2.05, 4.69) is 35.8 Å². The molecule has 0 saturated carbocycles. The van der Waals surface area contributed by atoms with Crippen molar-refractivity contribution in [3.05, 3.63) is 55.7 Å². The Bertz CT molecular complexity index is 504. The largest absolute Gasteiger partial charge is 0.384 e. The first-order valence-corrected chi connectivity index (χ1v) is 6.74. The predicted molar refractivity (Wildman–Crippen MR) is 72.0 cm³/mol. The molecule has 0 saturated heterocycles. The van der Waals surface area contributed by atoms with Gasteiger partial charge in [0.25, 0.3) is 0 Å². The number of halogens is 1. The lowest BCUT2D eigenvalue weighted by atomic mass is 10.00. The molecule has 1 N–H and O–H groups in total. The maximum absolute atomic E-state index is 10.2. The van der Waals surface area contributed by atoms with Crippen LogP contribution < -0.4 is 0 Å². The second-order valence-electron chi connectivity index (χ2n) is 3.93. The fraction of sp³-hybridized carbons (Fsp3) is 0.231. The summed E-state index contributed by atoms with van der Waals surface area (Å²) in [5, 5.41) is 12.2. The van der Waals surface area contributed by atoms with E-state index in [1.165, 1.54) is 11.1 Å². The first-order valence-electron chi connectivity index (χ1n) is 5.07. The SMILES string of the molecule is Cc1ccc(C(O)c2csc(Br)c2)cc1C. The molecule has 16 heavy (non-hydrogen) atoms. The second kappa shape index (κ2) is 4.70. The van der Waals surface area contributed by atoms with Gasteiger partial charge >= 0.3 is 0 Å². The van der Waals surface area contributed by atoms with E-state index in [-0.39, 0.29) is 0 Å². The van der Waals surface area contributed by atoms with E-state index in [1.807, 2.05) is 23.6 Å². The minimum atomic E-state index is -0.526. The molecule has 0 radical (unpaired) electrons. The lowest BCUT2D eigenvalue weighted by Gasteiger charge is -2.11. The predicted octanol–water partition coefficient (Wildman–Crippen LogP) is 4.21. The van der Waals surface area contributed by atoms with Gasteiger partial charge in [0.1, 0.15) is 6.10 Å². The molecule has 0 spiro atoms. The zero-order valence-corrected chi connectivity index (χ0v) is 11.6. The van der Waals surface area contributed by atoms with Gasteiger partial charge in [0.05, 0.1) is 3.79 Å². The molecule has 2 rings (SSSR count). The van der Waals surface area contributed by atoms with Gasteiger partial charge in [-0.2, -0.15) is 0 Å². The van der Waals surface area contributed by atoms with Gasteiger partial charge in [-0.15, -0.1) is 11.3 Å². The van der Waals surface area contributed by atoms with Crippen LogP contribution in [0.3, 0.4) is 0 Å². The minimum absolute atomic E-state index is 0.526. The minimum Gasteiger partial charge on any atom is -0.384 e.